The maximum absolute atomic E-state index is 13.6. The molecule has 2 aliphatic heterocycles. The number of hydrogen-bond acceptors (Lipinski definition) is 3. The molecule has 2 aliphatic rings. The predicted molar refractivity (Wildman–Crippen MR) is 149 cm³/mol. The number of H-pyrrole nitrogens is 1. The van der Waals surface area contributed by atoms with Gasteiger partial charge < -0.3 is 9.72 Å². The van der Waals surface area contributed by atoms with E-state index in [0.717, 1.165) is 41.2 Å². The SMILES string of the molecule is Cc1c[nH]c(C2CC3(c4ccccc4)C(OCc4cc(C(F)(F)F)cc(C(F)(F)F)c4)CCC2N3Cc2ccccc2)n1. The fraction of sp³-hybridized carbons (Fsp3) is 0.364. The van der Waals surface area contributed by atoms with Crippen molar-refractivity contribution in [2.45, 2.75) is 75.3 Å². The molecule has 10 heteroatoms. The molecule has 6 rings (SSSR count). The first-order chi connectivity index (χ1) is 20.4. The van der Waals surface area contributed by atoms with Crippen molar-refractivity contribution in [3.63, 3.8) is 0 Å². The van der Waals surface area contributed by atoms with Gasteiger partial charge in [-0.1, -0.05) is 60.7 Å². The molecular weight excluding hydrogens is 568 g/mol. The van der Waals surface area contributed by atoms with Crippen LogP contribution in [-0.2, 0) is 35.8 Å². The van der Waals surface area contributed by atoms with Gasteiger partial charge in [0.2, 0.25) is 0 Å². The van der Waals surface area contributed by atoms with E-state index >= 15 is 0 Å². The summed E-state index contributed by atoms with van der Waals surface area (Å²) in [6.45, 7) is 2.13. The fourth-order valence-electron chi connectivity index (χ4n) is 6.99. The van der Waals surface area contributed by atoms with Crippen molar-refractivity contribution < 1.29 is 31.1 Å². The van der Waals surface area contributed by atoms with E-state index in [9.17, 15) is 26.3 Å². The quantitative estimate of drug-likeness (QED) is 0.217. The van der Waals surface area contributed by atoms with Crippen LogP contribution < -0.4 is 0 Å². The Morgan fingerprint density at radius 3 is 2.07 bits per heavy atom. The zero-order chi connectivity index (χ0) is 30.4. The van der Waals surface area contributed by atoms with Crippen molar-refractivity contribution in [1.29, 1.82) is 0 Å². The number of benzene rings is 3. The van der Waals surface area contributed by atoms with Gasteiger partial charge in [-0.25, -0.2) is 4.98 Å². The number of alkyl halides is 6. The molecule has 0 saturated carbocycles. The molecule has 2 bridgehead atoms. The minimum atomic E-state index is -4.92. The number of rotatable bonds is 7. The van der Waals surface area contributed by atoms with Gasteiger partial charge in [0.25, 0.3) is 0 Å². The van der Waals surface area contributed by atoms with Gasteiger partial charge in [-0.3, -0.25) is 4.90 Å². The molecule has 4 unspecified atom stereocenters. The molecule has 4 aromatic rings. The first kappa shape index (κ1) is 29.4. The molecule has 4 nitrogen and oxygen atoms in total. The Morgan fingerprint density at radius 1 is 0.860 bits per heavy atom. The highest BCUT2D eigenvalue weighted by Crippen LogP contribution is 2.57. The lowest BCUT2D eigenvalue weighted by molar-refractivity contribution is -0.143. The Morgan fingerprint density at radius 2 is 1.49 bits per heavy atom. The number of imidazole rings is 1. The van der Waals surface area contributed by atoms with Crippen LogP contribution >= 0.6 is 0 Å². The fourth-order valence-corrected chi connectivity index (χ4v) is 6.99. The van der Waals surface area contributed by atoms with E-state index in [-0.39, 0.29) is 30.2 Å². The van der Waals surface area contributed by atoms with Crippen molar-refractivity contribution in [2.75, 3.05) is 0 Å². The number of aromatic nitrogens is 2. The van der Waals surface area contributed by atoms with Gasteiger partial charge in [0.05, 0.1) is 35.1 Å². The highest BCUT2D eigenvalue weighted by molar-refractivity contribution is 5.36. The minimum Gasteiger partial charge on any atom is -0.371 e. The normalized spacial score (nSPS) is 24.4. The number of nitrogens with one attached hydrogen (secondary N) is 1. The Balaban J connectivity index is 1.41. The molecule has 3 heterocycles. The largest absolute Gasteiger partial charge is 0.416 e. The first-order valence-corrected chi connectivity index (χ1v) is 14.2. The molecular formula is C33H31F6N3O. The van der Waals surface area contributed by atoms with Crippen LogP contribution in [-0.4, -0.2) is 27.0 Å². The molecule has 4 atom stereocenters. The number of aryl methyl sites for hydroxylation is 1. The third-order valence-corrected chi connectivity index (χ3v) is 8.81. The van der Waals surface area contributed by atoms with Crippen molar-refractivity contribution in [3.05, 3.63) is 124 Å². The van der Waals surface area contributed by atoms with E-state index in [1.807, 2.05) is 61.7 Å². The van der Waals surface area contributed by atoms with Gasteiger partial charge >= 0.3 is 12.4 Å². The molecule has 0 amide bonds. The predicted octanol–water partition coefficient (Wildman–Crippen LogP) is 8.39. The molecule has 226 valence electrons. The van der Waals surface area contributed by atoms with Crippen LogP contribution in [0.3, 0.4) is 0 Å². The van der Waals surface area contributed by atoms with E-state index in [1.165, 1.54) is 0 Å². The van der Waals surface area contributed by atoms with Gasteiger partial charge in [-0.05, 0) is 61.1 Å². The Kier molecular flexibility index (Phi) is 7.62. The van der Waals surface area contributed by atoms with E-state index in [4.69, 9.17) is 9.72 Å². The summed E-state index contributed by atoms with van der Waals surface area (Å²) >= 11 is 0. The van der Waals surface area contributed by atoms with Crippen molar-refractivity contribution in [1.82, 2.24) is 14.9 Å². The number of nitrogens with zero attached hydrogens (tertiary/aromatic N) is 2. The minimum absolute atomic E-state index is 0.0246. The lowest BCUT2D eigenvalue weighted by atomic mass is 9.78. The molecule has 1 aromatic heterocycles. The zero-order valence-corrected chi connectivity index (χ0v) is 23.4. The van der Waals surface area contributed by atoms with Gasteiger partial charge in [-0.15, -0.1) is 0 Å². The molecule has 43 heavy (non-hydrogen) atoms. The standard InChI is InChI=1S/C33H31F6N3O/c1-21-18-40-30(41-21)27-17-31(24-10-6-3-7-11-24)29(13-12-28(27)42(31)19-22-8-4-2-5-9-22)43-20-23-14-25(32(34,35)36)16-26(15-23)33(37,38)39/h2-11,14-16,18,27-29H,12-13,17,19-20H2,1H3,(H,40,41). The number of hydrogen-bond donors (Lipinski definition) is 1. The average Bonchev–Trinajstić information content (AvgIpc) is 3.49. The first-order valence-electron chi connectivity index (χ1n) is 14.2. The van der Waals surface area contributed by atoms with E-state index < -0.39 is 35.1 Å². The highest BCUT2D eigenvalue weighted by Gasteiger charge is 2.60. The molecule has 0 spiro atoms. The number of fused-ring (bicyclic) bond motifs is 2. The van der Waals surface area contributed by atoms with Crippen molar-refractivity contribution in [3.8, 4) is 0 Å². The topological polar surface area (TPSA) is 41.1 Å². The second-order valence-electron chi connectivity index (χ2n) is 11.5. The van der Waals surface area contributed by atoms with Gasteiger partial charge in [0.15, 0.2) is 0 Å². The summed E-state index contributed by atoms with van der Waals surface area (Å²) in [6, 6.07) is 21.6. The number of halogens is 6. The average molecular weight is 600 g/mol. The molecule has 2 saturated heterocycles. The van der Waals surface area contributed by atoms with Crippen LogP contribution in [0.5, 0.6) is 0 Å². The molecule has 3 aromatic carbocycles. The zero-order valence-electron chi connectivity index (χ0n) is 23.4. The third-order valence-electron chi connectivity index (χ3n) is 8.81. The molecule has 2 fully saturated rings. The second-order valence-corrected chi connectivity index (χ2v) is 11.5. The summed E-state index contributed by atoms with van der Waals surface area (Å²) in [5.74, 6) is 0.892. The smallest absolute Gasteiger partial charge is 0.371 e. The van der Waals surface area contributed by atoms with Crippen LogP contribution in [0.25, 0.3) is 0 Å². The Hall–Kier alpha value is -3.63. The Labute approximate surface area is 245 Å². The summed E-state index contributed by atoms with van der Waals surface area (Å²) in [4.78, 5) is 10.5. The summed E-state index contributed by atoms with van der Waals surface area (Å²) in [5.41, 5.74) is -0.593. The van der Waals surface area contributed by atoms with Crippen molar-refractivity contribution in [2.24, 2.45) is 0 Å². The van der Waals surface area contributed by atoms with E-state index in [0.29, 0.717) is 19.4 Å². The van der Waals surface area contributed by atoms with Crippen LogP contribution in [0.4, 0.5) is 26.3 Å². The lowest BCUT2D eigenvalue weighted by Gasteiger charge is -2.50. The van der Waals surface area contributed by atoms with Crippen LogP contribution in [0.2, 0.25) is 0 Å². The van der Waals surface area contributed by atoms with Crippen LogP contribution in [0, 0.1) is 6.92 Å². The van der Waals surface area contributed by atoms with Crippen LogP contribution in [0.1, 0.15) is 64.5 Å². The molecule has 0 radical (unpaired) electrons. The second kappa shape index (κ2) is 11.1. The maximum Gasteiger partial charge on any atom is 0.416 e. The maximum atomic E-state index is 13.6. The third kappa shape index (κ3) is 5.70. The Bertz CT molecular complexity index is 1520. The molecule has 1 N–H and O–H groups in total. The van der Waals surface area contributed by atoms with E-state index in [2.05, 4.69) is 22.0 Å². The number of aromatic amines is 1. The summed E-state index contributed by atoms with van der Waals surface area (Å²) < 4.78 is 87.9. The summed E-state index contributed by atoms with van der Waals surface area (Å²) in [7, 11) is 0. The van der Waals surface area contributed by atoms with Gasteiger partial charge in [0.1, 0.15) is 5.82 Å². The monoisotopic (exact) mass is 599 g/mol. The number of piperidine rings is 1. The van der Waals surface area contributed by atoms with Gasteiger partial charge in [-0.2, -0.15) is 26.3 Å². The summed E-state index contributed by atoms with van der Waals surface area (Å²) in [5, 5.41) is 0. The van der Waals surface area contributed by atoms with Gasteiger partial charge in [0, 0.05) is 24.7 Å². The lowest BCUT2D eigenvalue weighted by Crippen LogP contribution is -2.56. The molecule has 0 aliphatic carbocycles. The summed E-state index contributed by atoms with van der Waals surface area (Å²) in [6.07, 6.45) is -6.53. The van der Waals surface area contributed by atoms with Crippen molar-refractivity contribution >= 4 is 0 Å². The van der Waals surface area contributed by atoms with E-state index in [1.54, 1.807) is 0 Å². The number of ether oxygens (including phenoxy) is 1. The highest BCUT2D eigenvalue weighted by atomic mass is 19.4. The van der Waals surface area contributed by atoms with Crippen LogP contribution in [0.15, 0.2) is 85.1 Å².